The minimum absolute atomic E-state index is 0.149. The van der Waals surface area contributed by atoms with Crippen LogP contribution in [0, 0.1) is 0 Å². The molecule has 23 heavy (non-hydrogen) atoms. The van der Waals surface area contributed by atoms with E-state index in [1.54, 1.807) is 6.20 Å². The van der Waals surface area contributed by atoms with Crippen molar-refractivity contribution >= 4 is 5.97 Å². The lowest BCUT2D eigenvalue weighted by Crippen LogP contribution is -2.32. The van der Waals surface area contributed by atoms with E-state index in [9.17, 15) is 4.79 Å². The molecule has 5 nitrogen and oxygen atoms in total. The average molecular weight is 314 g/mol. The number of rotatable bonds is 5. The molecule has 1 aliphatic heterocycles. The number of nitrogens with one attached hydrogen (secondary N) is 1. The molecule has 0 amide bonds. The predicted octanol–water partition coefficient (Wildman–Crippen LogP) is 2.99. The second kappa shape index (κ2) is 6.44. The number of aromatic amines is 1. The van der Waals surface area contributed by atoms with Crippen LogP contribution < -0.4 is 4.74 Å². The molecule has 1 N–H and O–H groups in total. The Morgan fingerprint density at radius 3 is 3.04 bits per heavy atom. The summed E-state index contributed by atoms with van der Waals surface area (Å²) in [6.07, 6.45) is 3.67. The van der Waals surface area contributed by atoms with E-state index in [0.29, 0.717) is 26.1 Å². The number of nitrogens with zero attached hydrogens (tertiary/aromatic N) is 1. The van der Waals surface area contributed by atoms with Crippen LogP contribution >= 0.6 is 0 Å². The summed E-state index contributed by atoms with van der Waals surface area (Å²) in [4.78, 5) is 11.6. The first-order valence-corrected chi connectivity index (χ1v) is 8.06. The number of fused-ring (bicyclic) bond motifs is 1. The van der Waals surface area contributed by atoms with Crippen molar-refractivity contribution in [3.63, 3.8) is 0 Å². The number of carbonyl (C=O) groups is 1. The van der Waals surface area contributed by atoms with Crippen LogP contribution in [0.2, 0.25) is 0 Å². The largest absolute Gasteiger partial charge is 0.493 e. The van der Waals surface area contributed by atoms with E-state index < -0.39 is 0 Å². The topological polar surface area (TPSA) is 64.2 Å². The predicted molar refractivity (Wildman–Crippen MR) is 86.5 cm³/mol. The molecule has 1 aromatic heterocycles. The lowest BCUT2D eigenvalue weighted by molar-refractivity contribution is -0.143. The average Bonchev–Trinajstić information content (AvgIpc) is 3.09. The molecule has 0 saturated heterocycles. The fourth-order valence-electron chi connectivity index (χ4n) is 3.19. The second-order valence-corrected chi connectivity index (χ2v) is 6.00. The summed E-state index contributed by atoms with van der Waals surface area (Å²) in [5.74, 6) is 0.734. The van der Waals surface area contributed by atoms with Gasteiger partial charge in [-0.3, -0.25) is 9.89 Å². The summed E-state index contributed by atoms with van der Waals surface area (Å²) in [6, 6.07) is 8.17. The molecule has 5 heteroatoms. The monoisotopic (exact) mass is 314 g/mol. The molecule has 2 heterocycles. The number of hydrogen-bond donors (Lipinski definition) is 1. The van der Waals surface area contributed by atoms with Gasteiger partial charge in [0.1, 0.15) is 5.75 Å². The first-order valence-electron chi connectivity index (χ1n) is 8.06. The molecule has 0 saturated carbocycles. The number of esters is 1. The number of H-pyrrole nitrogens is 1. The van der Waals surface area contributed by atoms with Crippen molar-refractivity contribution in [2.24, 2.45) is 0 Å². The van der Waals surface area contributed by atoms with Gasteiger partial charge in [-0.15, -0.1) is 0 Å². The van der Waals surface area contributed by atoms with Gasteiger partial charge in [0, 0.05) is 29.3 Å². The summed E-state index contributed by atoms with van der Waals surface area (Å²) in [5.41, 5.74) is 3.14. The van der Waals surface area contributed by atoms with Gasteiger partial charge in [0.25, 0.3) is 0 Å². The molecule has 0 bridgehead atoms. The third-order valence-electron chi connectivity index (χ3n) is 4.54. The Hall–Kier alpha value is -2.30. The van der Waals surface area contributed by atoms with Gasteiger partial charge >= 0.3 is 5.97 Å². The van der Waals surface area contributed by atoms with Crippen LogP contribution in [-0.4, -0.2) is 29.4 Å². The fraction of sp³-hybridized carbons (Fsp3) is 0.444. The van der Waals surface area contributed by atoms with Gasteiger partial charge in [0.2, 0.25) is 0 Å². The lowest BCUT2D eigenvalue weighted by Gasteiger charge is -2.36. The Bertz CT molecular complexity index is 682. The van der Waals surface area contributed by atoms with Crippen molar-refractivity contribution in [3.8, 4) is 5.75 Å². The molecule has 1 unspecified atom stereocenters. The van der Waals surface area contributed by atoms with Crippen LogP contribution in [0.4, 0.5) is 0 Å². The Morgan fingerprint density at radius 1 is 1.43 bits per heavy atom. The number of aromatic nitrogens is 2. The summed E-state index contributed by atoms with van der Waals surface area (Å²) < 4.78 is 11.0. The molecule has 0 radical (unpaired) electrons. The first kappa shape index (κ1) is 15.6. The van der Waals surface area contributed by atoms with E-state index >= 15 is 0 Å². The Balaban J connectivity index is 1.90. The minimum atomic E-state index is -0.169. The highest BCUT2D eigenvalue weighted by atomic mass is 16.5. The Kier molecular flexibility index (Phi) is 4.37. The summed E-state index contributed by atoms with van der Waals surface area (Å²) in [5, 5.41) is 7.19. The van der Waals surface area contributed by atoms with Crippen molar-refractivity contribution < 1.29 is 14.3 Å². The standard InChI is InChI=1S/C18H22N2O3/c1-3-22-16(21)8-7-13-5-4-6-14-17(13)23-12-10-18(14,2)15-9-11-19-20-15/h4-6,9,11H,3,7-8,10,12H2,1-2H3,(H,19,20). The van der Waals surface area contributed by atoms with Gasteiger partial charge in [-0.2, -0.15) is 5.10 Å². The third kappa shape index (κ3) is 2.96. The molecule has 1 atom stereocenters. The highest BCUT2D eigenvalue weighted by Crippen LogP contribution is 2.44. The highest BCUT2D eigenvalue weighted by Gasteiger charge is 2.37. The molecule has 0 aliphatic carbocycles. The molecule has 0 fully saturated rings. The van der Waals surface area contributed by atoms with Crippen molar-refractivity contribution in [3.05, 3.63) is 47.3 Å². The molecule has 3 rings (SSSR count). The third-order valence-corrected chi connectivity index (χ3v) is 4.54. The number of hydrogen-bond acceptors (Lipinski definition) is 4. The molecular weight excluding hydrogens is 292 g/mol. The Morgan fingerprint density at radius 2 is 2.30 bits per heavy atom. The van der Waals surface area contributed by atoms with Crippen LogP contribution in [0.5, 0.6) is 5.75 Å². The van der Waals surface area contributed by atoms with Gasteiger partial charge in [0.05, 0.1) is 13.2 Å². The van der Waals surface area contributed by atoms with Crippen LogP contribution in [0.3, 0.4) is 0 Å². The smallest absolute Gasteiger partial charge is 0.306 e. The second-order valence-electron chi connectivity index (χ2n) is 6.00. The van der Waals surface area contributed by atoms with Crippen LogP contribution in [0.1, 0.15) is 43.5 Å². The van der Waals surface area contributed by atoms with Crippen LogP contribution in [0.15, 0.2) is 30.5 Å². The van der Waals surface area contributed by atoms with E-state index in [1.165, 1.54) is 0 Å². The normalized spacial score (nSPS) is 19.7. The fourth-order valence-corrected chi connectivity index (χ4v) is 3.19. The maximum absolute atomic E-state index is 11.6. The van der Waals surface area contributed by atoms with E-state index in [0.717, 1.165) is 29.0 Å². The van der Waals surface area contributed by atoms with Crippen molar-refractivity contribution in [2.45, 2.75) is 38.5 Å². The number of para-hydroxylation sites is 1. The Labute approximate surface area is 136 Å². The van der Waals surface area contributed by atoms with Crippen LogP contribution in [0.25, 0.3) is 0 Å². The van der Waals surface area contributed by atoms with Gasteiger partial charge < -0.3 is 9.47 Å². The highest BCUT2D eigenvalue weighted by molar-refractivity contribution is 5.70. The van der Waals surface area contributed by atoms with E-state index in [4.69, 9.17) is 9.47 Å². The van der Waals surface area contributed by atoms with Gasteiger partial charge in [-0.25, -0.2) is 0 Å². The zero-order chi connectivity index (χ0) is 16.3. The van der Waals surface area contributed by atoms with Gasteiger partial charge in [-0.1, -0.05) is 18.2 Å². The quantitative estimate of drug-likeness (QED) is 0.862. The van der Waals surface area contributed by atoms with Crippen LogP contribution in [-0.2, 0) is 21.4 Å². The van der Waals surface area contributed by atoms with Crippen molar-refractivity contribution in [2.75, 3.05) is 13.2 Å². The lowest BCUT2D eigenvalue weighted by atomic mass is 9.74. The molecule has 2 aromatic rings. The van der Waals surface area contributed by atoms with E-state index in [-0.39, 0.29) is 11.4 Å². The molecular formula is C18H22N2O3. The number of benzene rings is 1. The maximum atomic E-state index is 11.6. The summed E-state index contributed by atoms with van der Waals surface area (Å²) in [6.45, 7) is 5.09. The number of ether oxygens (including phenoxy) is 2. The maximum Gasteiger partial charge on any atom is 0.306 e. The van der Waals surface area contributed by atoms with Crippen molar-refractivity contribution in [1.29, 1.82) is 0 Å². The van der Waals surface area contributed by atoms with E-state index in [2.05, 4.69) is 23.2 Å². The molecule has 1 aliphatic rings. The zero-order valence-corrected chi connectivity index (χ0v) is 13.6. The molecule has 0 spiro atoms. The molecule has 122 valence electrons. The number of carbonyl (C=O) groups excluding carboxylic acids is 1. The van der Waals surface area contributed by atoms with Gasteiger partial charge in [-0.05, 0) is 38.3 Å². The molecule has 1 aromatic carbocycles. The first-order chi connectivity index (χ1) is 11.1. The zero-order valence-electron chi connectivity index (χ0n) is 13.6. The number of aryl methyl sites for hydroxylation is 1. The minimum Gasteiger partial charge on any atom is -0.493 e. The van der Waals surface area contributed by atoms with E-state index in [1.807, 2.05) is 25.1 Å². The summed E-state index contributed by atoms with van der Waals surface area (Å²) in [7, 11) is 0. The SMILES string of the molecule is CCOC(=O)CCc1cccc2c1OCCC2(C)c1ccn[nH]1. The van der Waals surface area contributed by atoms with Crippen molar-refractivity contribution in [1.82, 2.24) is 10.2 Å². The van der Waals surface area contributed by atoms with Gasteiger partial charge in [0.15, 0.2) is 0 Å². The summed E-state index contributed by atoms with van der Waals surface area (Å²) >= 11 is 0.